The Morgan fingerprint density at radius 3 is 2.64 bits per heavy atom. The van der Waals surface area contributed by atoms with Gasteiger partial charge in [-0.15, -0.1) is 0 Å². The Morgan fingerprint density at radius 1 is 1.36 bits per heavy atom. The molecule has 22 heavy (non-hydrogen) atoms. The van der Waals surface area contributed by atoms with Crippen LogP contribution in [0.4, 0.5) is 13.2 Å². The zero-order chi connectivity index (χ0) is 16.0. The maximum Gasteiger partial charge on any atom is 0.424 e. The van der Waals surface area contributed by atoms with Crippen molar-refractivity contribution in [3.05, 3.63) is 18.2 Å². The maximum atomic E-state index is 13.4. The van der Waals surface area contributed by atoms with Gasteiger partial charge in [-0.1, -0.05) is 6.42 Å². The third-order valence-corrected chi connectivity index (χ3v) is 5.29. The van der Waals surface area contributed by atoms with Crippen LogP contribution >= 0.6 is 0 Å². The van der Waals surface area contributed by atoms with Crippen molar-refractivity contribution in [1.29, 1.82) is 0 Å². The molecule has 2 saturated carbocycles. The Balaban J connectivity index is 1.65. The Bertz CT molecular complexity index is 530. The molecule has 2 aliphatic rings. The third-order valence-electron chi connectivity index (χ3n) is 5.29. The molecule has 2 N–H and O–H groups in total. The van der Waals surface area contributed by atoms with Crippen LogP contribution in [-0.2, 0) is 12.6 Å². The van der Waals surface area contributed by atoms with Crippen molar-refractivity contribution in [1.82, 2.24) is 14.9 Å². The van der Waals surface area contributed by atoms with Crippen molar-refractivity contribution in [2.24, 2.45) is 18.9 Å². The second kappa shape index (κ2) is 5.53. The molecule has 4 nitrogen and oxygen atoms in total. The second-order valence-corrected chi connectivity index (χ2v) is 6.71. The zero-order valence-corrected chi connectivity index (χ0v) is 12.6. The molecule has 0 unspecified atom stereocenters. The van der Waals surface area contributed by atoms with E-state index >= 15 is 0 Å². The Hall–Kier alpha value is -1.08. The SMILES string of the molecule is Cn1ccnc1[C@](O)(CCN[C@@H]1C[C@H]2CC[C@H]1C2)C(F)(F)F. The van der Waals surface area contributed by atoms with Gasteiger partial charge in [0, 0.05) is 31.9 Å². The van der Waals surface area contributed by atoms with Crippen molar-refractivity contribution in [3.8, 4) is 0 Å². The number of hydrogen-bond acceptors (Lipinski definition) is 3. The standard InChI is InChI=1S/C15H22F3N3O/c1-21-7-6-20-13(21)14(22,15(16,17)18)4-5-19-12-9-10-2-3-11(12)8-10/h6-7,10-12,19,22H,2-5,8-9H2,1H3/t10-,11-,12+,14+/m0/s1. The molecular formula is C15H22F3N3O. The Labute approximate surface area is 127 Å². The minimum Gasteiger partial charge on any atom is -0.374 e. The number of fused-ring (bicyclic) bond motifs is 2. The highest BCUT2D eigenvalue weighted by Gasteiger charge is 2.57. The molecule has 0 amide bonds. The Kier molecular flexibility index (Phi) is 3.97. The van der Waals surface area contributed by atoms with Crippen LogP contribution in [0.1, 0.15) is 37.9 Å². The molecule has 2 bridgehead atoms. The van der Waals surface area contributed by atoms with E-state index in [9.17, 15) is 18.3 Å². The smallest absolute Gasteiger partial charge is 0.374 e. The van der Waals surface area contributed by atoms with Crippen LogP contribution in [0.25, 0.3) is 0 Å². The number of aliphatic hydroxyl groups is 1. The van der Waals surface area contributed by atoms with Gasteiger partial charge in [0.1, 0.15) is 5.82 Å². The zero-order valence-electron chi connectivity index (χ0n) is 12.6. The van der Waals surface area contributed by atoms with Crippen LogP contribution in [0.15, 0.2) is 12.4 Å². The highest BCUT2D eigenvalue weighted by Crippen LogP contribution is 2.45. The van der Waals surface area contributed by atoms with Crippen LogP contribution in [0.3, 0.4) is 0 Å². The summed E-state index contributed by atoms with van der Waals surface area (Å²) < 4.78 is 41.3. The van der Waals surface area contributed by atoms with E-state index in [0.717, 1.165) is 12.3 Å². The summed E-state index contributed by atoms with van der Waals surface area (Å²) in [6.45, 7) is 0.136. The molecule has 4 atom stereocenters. The minimum atomic E-state index is -4.75. The van der Waals surface area contributed by atoms with Gasteiger partial charge < -0.3 is 15.0 Å². The monoisotopic (exact) mass is 317 g/mol. The molecule has 2 aliphatic carbocycles. The van der Waals surface area contributed by atoms with E-state index in [1.807, 2.05) is 0 Å². The molecule has 2 fully saturated rings. The van der Waals surface area contributed by atoms with Crippen molar-refractivity contribution < 1.29 is 18.3 Å². The summed E-state index contributed by atoms with van der Waals surface area (Å²) in [5, 5.41) is 13.5. The number of hydrogen-bond donors (Lipinski definition) is 2. The van der Waals surface area contributed by atoms with Crippen molar-refractivity contribution in [3.63, 3.8) is 0 Å². The molecule has 1 aromatic heterocycles. The summed E-state index contributed by atoms with van der Waals surface area (Å²) in [7, 11) is 1.46. The highest BCUT2D eigenvalue weighted by atomic mass is 19.4. The first kappa shape index (κ1) is 15.8. The predicted molar refractivity (Wildman–Crippen MR) is 75.0 cm³/mol. The lowest BCUT2D eigenvalue weighted by molar-refractivity contribution is -0.272. The lowest BCUT2D eigenvalue weighted by atomic mass is 9.94. The first-order chi connectivity index (χ1) is 10.3. The topological polar surface area (TPSA) is 50.1 Å². The molecule has 0 saturated heterocycles. The first-order valence-electron chi connectivity index (χ1n) is 7.81. The minimum absolute atomic E-state index is 0.136. The fraction of sp³-hybridized carbons (Fsp3) is 0.800. The lowest BCUT2D eigenvalue weighted by Gasteiger charge is -2.31. The van der Waals surface area contributed by atoms with E-state index in [1.165, 1.54) is 43.3 Å². The fourth-order valence-electron chi connectivity index (χ4n) is 4.08. The number of rotatable bonds is 5. The van der Waals surface area contributed by atoms with Gasteiger partial charge in [-0.25, -0.2) is 4.98 Å². The van der Waals surface area contributed by atoms with Gasteiger partial charge in [0.05, 0.1) is 0 Å². The number of alkyl halides is 3. The fourth-order valence-corrected chi connectivity index (χ4v) is 4.08. The number of nitrogens with zero attached hydrogens (tertiary/aromatic N) is 2. The van der Waals surface area contributed by atoms with Gasteiger partial charge in [-0.05, 0) is 37.6 Å². The van der Waals surface area contributed by atoms with E-state index in [0.29, 0.717) is 12.0 Å². The number of nitrogens with one attached hydrogen (secondary N) is 1. The molecule has 3 rings (SSSR count). The summed E-state index contributed by atoms with van der Waals surface area (Å²) in [4.78, 5) is 3.71. The van der Waals surface area contributed by atoms with Crippen LogP contribution in [-0.4, -0.2) is 33.4 Å². The highest BCUT2D eigenvalue weighted by molar-refractivity contribution is 5.08. The normalized spacial score (nSPS) is 30.7. The van der Waals surface area contributed by atoms with E-state index < -0.39 is 18.2 Å². The van der Waals surface area contributed by atoms with Crippen LogP contribution < -0.4 is 5.32 Å². The molecule has 0 aliphatic heterocycles. The van der Waals surface area contributed by atoms with E-state index in [4.69, 9.17) is 0 Å². The number of aromatic nitrogens is 2. The molecule has 0 aromatic carbocycles. The number of imidazole rings is 1. The van der Waals surface area contributed by atoms with E-state index in [1.54, 1.807) is 0 Å². The molecule has 0 radical (unpaired) electrons. The Morgan fingerprint density at radius 2 is 2.14 bits per heavy atom. The molecule has 1 heterocycles. The summed E-state index contributed by atoms with van der Waals surface area (Å²) in [6.07, 6.45) is 2.19. The second-order valence-electron chi connectivity index (χ2n) is 6.71. The summed E-state index contributed by atoms with van der Waals surface area (Å²) in [5.41, 5.74) is -2.91. The first-order valence-corrected chi connectivity index (χ1v) is 7.81. The molecule has 124 valence electrons. The van der Waals surface area contributed by atoms with Crippen molar-refractivity contribution >= 4 is 0 Å². The van der Waals surface area contributed by atoms with Gasteiger partial charge in [-0.2, -0.15) is 13.2 Å². The van der Waals surface area contributed by atoms with Gasteiger partial charge in [-0.3, -0.25) is 0 Å². The number of halogens is 3. The number of aryl methyl sites for hydroxylation is 1. The maximum absolute atomic E-state index is 13.4. The van der Waals surface area contributed by atoms with Crippen LogP contribution in [0, 0.1) is 11.8 Å². The van der Waals surface area contributed by atoms with Gasteiger partial charge >= 0.3 is 6.18 Å². The van der Waals surface area contributed by atoms with Gasteiger partial charge in [0.2, 0.25) is 5.60 Å². The quantitative estimate of drug-likeness (QED) is 0.876. The summed E-state index contributed by atoms with van der Waals surface area (Å²) >= 11 is 0. The summed E-state index contributed by atoms with van der Waals surface area (Å²) in [5.74, 6) is 0.977. The molecule has 1 aromatic rings. The average Bonchev–Trinajstić information content (AvgIpc) is 3.13. The van der Waals surface area contributed by atoms with E-state index in [2.05, 4.69) is 10.3 Å². The average molecular weight is 317 g/mol. The van der Waals surface area contributed by atoms with Crippen molar-refractivity contribution in [2.45, 2.75) is 49.9 Å². The molecular weight excluding hydrogens is 295 g/mol. The van der Waals surface area contributed by atoms with Crippen molar-refractivity contribution in [2.75, 3.05) is 6.54 Å². The van der Waals surface area contributed by atoms with Gasteiger partial charge in [0.15, 0.2) is 0 Å². The predicted octanol–water partition coefficient (Wildman–Crippen LogP) is 2.34. The largest absolute Gasteiger partial charge is 0.424 e. The van der Waals surface area contributed by atoms with E-state index in [-0.39, 0.29) is 12.4 Å². The molecule has 7 heteroatoms. The van der Waals surface area contributed by atoms with Crippen LogP contribution in [0.5, 0.6) is 0 Å². The lowest BCUT2D eigenvalue weighted by Crippen LogP contribution is -2.47. The van der Waals surface area contributed by atoms with Gasteiger partial charge in [0.25, 0.3) is 0 Å². The third kappa shape index (κ3) is 2.65. The van der Waals surface area contributed by atoms with Crippen LogP contribution in [0.2, 0.25) is 0 Å². The molecule has 0 spiro atoms. The summed E-state index contributed by atoms with van der Waals surface area (Å²) in [6, 6.07) is 0.303.